The highest BCUT2D eigenvalue weighted by Crippen LogP contribution is 2.24. The van der Waals surface area contributed by atoms with Crippen molar-refractivity contribution in [1.82, 2.24) is 8.61 Å². The molecule has 0 radical (unpaired) electrons. The van der Waals surface area contributed by atoms with Crippen molar-refractivity contribution in [2.24, 2.45) is 11.1 Å². The fourth-order valence-corrected chi connectivity index (χ4v) is 4.14. The van der Waals surface area contributed by atoms with Gasteiger partial charge >= 0.3 is 0 Å². The molecule has 0 spiro atoms. The molecule has 1 aromatic carbocycles. The Labute approximate surface area is 140 Å². The van der Waals surface area contributed by atoms with Crippen LogP contribution in [0.1, 0.15) is 25.0 Å². The van der Waals surface area contributed by atoms with E-state index in [9.17, 15) is 8.42 Å². The zero-order valence-electron chi connectivity index (χ0n) is 13.4. The number of benzene rings is 1. The van der Waals surface area contributed by atoms with Crippen LogP contribution in [0.5, 0.6) is 0 Å². The summed E-state index contributed by atoms with van der Waals surface area (Å²) in [6, 6.07) is 8.02. The van der Waals surface area contributed by atoms with Crippen LogP contribution in [0.2, 0.25) is 0 Å². The summed E-state index contributed by atoms with van der Waals surface area (Å²) in [7, 11) is -1.80. The molecule has 1 heterocycles. The lowest BCUT2D eigenvalue weighted by Gasteiger charge is -2.34. The van der Waals surface area contributed by atoms with Crippen molar-refractivity contribution in [1.29, 1.82) is 0 Å². The van der Waals surface area contributed by atoms with Crippen LogP contribution in [0.3, 0.4) is 0 Å². The average Bonchev–Trinajstić information content (AvgIpc) is 2.46. The molecule has 0 unspecified atom stereocenters. The van der Waals surface area contributed by atoms with Crippen molar-refractivity contribution in [2.45, 2.75) is 26.8 Å². The van der Waals surface area contributed by atoms with Gasteiger partial charge in [0, 0.05) is 26.7 Å². The van der Waals surface area contributed by atoms with Gasteiger partial charge in [0.1, 0.15) is 0 Å². The number of rotatable bonds is 5. The maximum Gasteiger partial charge on any atom is 0.282 e. The van der Waals surface area contributed by atoms with Crippen LogP contribution in [-0.2, 0) is 23.2 Å². The van der Waals surface area contributed by atoms with Gasteiger partial charge in [0.15, 0.2) is 0 Å². The molecule has 0 saturated heterocycles. The van der Waals surface area contributed by atoms with Crippen LogP contribution < -0.4 is 5.73 Å². The summed E-state index contributed by atoms with van der Waals surface area (Å²) in [4.78, 5) is 0. The lowest BCUT2D eigenvalue weighted by Crippen LogP contribution is -2.48. The molecule has 2 N–H and O–H groups in total. The fraction of sp³-hybridized carbons (Fsp3) is 0.600. The highest BCUT2D eigenvalue weighted by Gasteiger charge is 2.32. The Balaban J connectivity index is 0.00000242. The Hall–Kier alpha value is -0.660. The third-order valence-electron chi connectivity index (χ3n) is 4.02. The summed E-state index contributed by atoms with van der Waals surface area (Å²) in [5.41, 5.74) is 7.82. The lowest BCUT2D eigenvalue weighted by molar-refractivity contribution is 0.269. The van der Waals surface area contributed by atoms with Crippen LogP contribution >= 0.6 is 12.4 Å². The van der Waals surface area contributed by atoms with Gasteiger partial charge in [0.2, 0.25) is 0 Å². The van der Waals surface area contributed by atoms with Gasteiger partial charge in [-0.1, -0.05) is 38.1 Å². The SMILES string of the molecule is CN(CC(C)(C)CN)S(=O)(=O)N1CCc2ccccc2C1.Cl. The molecule has 0 amide bonds. The Morgan fingerprint density at radius 1 is 1.27 bits per heavy atom. The van der Waals surface area contributed by atoms with Crippen molar-refractivity contribution < 1.29 is 8.42 Å². The van der Waals surface area contributed by atoms with Gasteiger partial charge in [-0.25, -0.2) is 0 Å². The Morgan fingerprint density at radius 3 is 2.45 bits per heavy atom. The van der Waals surface area contributed by atoms with E-state index in [0.29, 0.717) is 26.2 Å². The molecule has 22 heavy (non-hydrogen) atoms. The number of halogens is 1. The number of hydrogen-bond donors (Lipinski definition) is 1. The van der Waals surface area contributed by atoms with Gasteiger partial charge in [-0.15, -0.1) is 12.4 Å². The van der Waals surface area contributed by atoms with Crippen LogP contribution in [-0.4, -0.2) is 43.7 Å². The summed E-state index contributed by atoms with van der Waals surface area (Å²) in [5.74, 6) is 0. The summed E-state index contributed by atoms with van der Waals surface area (Å²) < 4.78 is 28.4. The molecule has 1 aliphatic heterocycles. The molecular weight excluding hydrogens is 322 g/mol. The largest absolute Gasteiger partial charge is 0.330 e. The van der Waals surface area contributed by atoms with E-state index in [1.165, 1.54) is 9.87 Å². The number of hydrogen-bond acceptors (Lipinski definition) is 3. The quantitative estimate of drug-likeness (QED) is 0.880. The first-order valence-corrected chi connectivity index (χ1v) is 8.64. The maximum absolute atomic E-state index is 12.7. The van der Waals surface area contributed by atoms with Crippen molar-refractivity contribution in [3.05, 3.63) is 35.4 Å². The zero-order chi connectivity index (χ0) is 15.7. The van der Waals surface area contributed by atoms with Gasteiger partial charge in [-0.3, -0.25) is 0 Å². The smallest absolute Gasteiger partial charge is 0.282 e. The first kappa shape index (κ1) is 19.4. The van der Waals surface area contributed by atoms with Gasteiger partial charge in [-0.2, -0.15) is 17.0 Å². The topological polar surface area (TPSA) is 66.6 Å². The molecule has 2 rings (SSSR count). The van der Waals surface area contributed by atoms with E-state index in [1.54, 1.807) is 11.4 Å². The van der Waals surface area contributed by atoms with E-state index in [0.717, 1.165) is 12.0 Å². The monoisotopic (exact) mass is 347 g/mol. The van der Waals surface area contributed by atoms with Crippen molar-refractivity contribution >= 4 is 22.6 Å². The average molecular weight is 348 g/mol. The Bertz CT molecular complexity index is 605. The minimum absolute atomic E-state index is 0. The predicted octanol–water partition coefficient (Wildman–Crippen LogP) is 1.63. The highest BCUT2D eigenvalue weighted by atomic mass is 35.5. The minimum Gasteiger partial charge on any atom is -0.330 e. The molecule has 1 aromatic rings. The second-order valence-corrected chi connectivity index (χ2v) is 8.52. The third-order valence-corrected chi connectivity index (χ3v) is 5.90. The van der Waals surface area contributed by atoms with Gasteiger partial charge in [-0.05, 0) is 29.5 Å². The molecule has 7 heteroatoms. The molecule has 0 atom stereocenters. The molecule has 1 aliphatic rings. The van der Waals surface area contributed by atoms with Gasteiger partial charge < -0.3 is 5.73 Å². The van der Waals surface area contributed by atoms with Gasteiger partial charge in [0.25, 0.3) is 10.2 Å². The van der Waals surface area contributed by atoms with Crippen molar-refractivity contribution in [2.75, 3.05) is 26.7 Å². The van der Waals surface area contributed by atoms with E-state index in [-0.39, 0.29) is 17.8 Å². The number of nitrogens with two attached hydrogens (primary N) is 1. The van der Waals surface area contributed by atoms with Crippen LogP contribution in [0.25, 0.3) is 0 Å². The molecule has 0 bridgehead atoms. The predicted molar refractivity (Wildman–Crippen MR) is 92.2 cm³/mol. The van der Waals surface area contributed by atoms with Crippen LogP contribution in [0, 0.1) is 5.41 Å². The molecule has 5 nitrogen and oxygen atoms in total. The zero-order valence-corrected chi connectivity index (χ0v) is 15.1. The molecule has 0 aromatic heterocycles. The third kappa shape index (κ3) is 4.20. The molecule has 0 aliphatic carbocycles. The second kappa shape index (κ2) is 7.27. The van der Waals surface area contributed by atoms with Crippen LogP contribution in [0.15, 0.2) is 24.3 Å². The molecule has 0 saturated carbocycles. The standard InChI is InChI=1S/C15H25N3O2S.ClH/c1-15(2,11-16)12-17(3)21(19,20)18-9-8-13-6-4-5-7-14(13)10-18;/h4-7H,8-12,16H2,1-3H3;1H. The first-order chi connectivity index (χ1) is 9.76. The van der Waals surface area contributed by atoms with Gasteiger partial charge in [0.05, 0.1) is 0 Å². The van der Waals surface area contributed by atoms with E-state index in [4.69, 9.17) is 5.73 Å². The van der Waals surface area contributed by atoms with Crippen LogP contribution in [0.4, 0.5) is 0 Å². The normalized spacial score (nSPS) is 16.2. The lowest BCUT2D eigenvalue weighted by atomic mass is 9.94. The highest BCUT2D eigenvalue weighted by molar-refractivity contribution is 7.86. The number of nitrogens with zero attached hydrogens (tertiary/aromatic N) is 2. The summed E-state index contributed by atoms with van der Waals surface area (Å²) in [6.45, 7) is 5.81. The maximum atomic E-state index is 12.7. The molecule has 0 fully saturated rings. The first-order valence-electron chi connectivity index (χ1n) is 7.24. The second-order valence-electron chi connectivity index (χ2n) is 6.48. The van der Waals surface area contributed by atoms with Crippen molar-refractivity contribution in [3.63, 3.8) is 0 Å². The van der Waals surface area contributed by atoms with E-state index in [2.05, 4.69) is 6.07 Å². The Kier molecular flexibility index (Phi) is 6.41. The summed E-state index contributed by atoms with van der Waals surface area (Å²) in [5, 5.41) is 0. The minimum atomic E-state index is -3.44. The summed E-state index contributed by atoms with van der Waals surface area (Å²) >= 11 is 0. The van der Waals surface area contributed by atoms with E-state index in [1.807, 2.05) is 32.0 Å². The van der Waals surface area contributed by atoms with E-state index < -0.39 is 10.2 Å². The Morgan fingerprint density at radius 2 is 1.86 bits per heavy atom. The van der Waals surface area contributed by atoms with Crippen molar-refractivity contribution in [3.8, 4) is 0 Å². The van der Waals surface area contributed by atoms with E-state index >= 15 is 0 Å². The number of fused-ring (bicyclic) bond motifs is 1. The molecular formula is C15H26ClN3O2S. The fourth-order valence-electron chi connectivity index (χ4n) is 2.61. The summed E-state index contributed by atoms with van der Waals surface area (Å²) in [6.07, 6.45) is 0.767. The molecule has 126 valence electrons.